The molecule has 1 unspecified atom stereocenters. The fourth-order valence-electron chi connectivity index (χ4n) is 15.8. The second-order valence-corrected chi connectivity index (χ2v) is 25.1. The van der Waals surface area contributed by atoms with E-state index in [9.17, 15) is 76.6 Å². The molecule has 0 bridgehead atoms. The van der Waals surface area contributed by atoms with Crippen LogP contribution in [0.1, 0.15) is 106 Å². The lowest BCUT2D eigenvalue weighted by Gasteiger charge is -2.66. The Hall–Kier alpha value is -1.18. The van der Waals surface area contributed by atoms with Crippen LogP contribution >= 0.6 is 0 Å². The summed E-state index contributed by atoms with van der Waals surface area (Å²) in [6.07, 6.45) is -24.9. The quantitative estimate of drug-likeness (QED) is 0.0557. The van der Waals surface area contributed by atoms with Gasteiger partial charge in [0.15, 0.2) is 25.2 Å². The minimum Gasteiger partial charge on any atom is -0.394 e. The van der Waals surface area contributed by atoms with Crippen molar-refractivity contribution in [1.29, 1.82) is 0 Å². The van der Waals surface area contributed by atoms with Gasteiger partial charge in [0.1, 0.15) is 97.7 Å². The van der Waals surface area contributed by atoms with Gasteiger partial charge < -0.3 is 114 Å². The van der Waals surface area contributed by atoms with Gasteiger partial charge in [-0.05, 0) is 124 Å². The smallest absolute Gasteiger partial charge is 0.187 e. The molecule has 30 atom stereocenters. The molecule has 4 aliphatic carbocycles. The van der Waals surface area contributed by atoms with Crippen molar-refractivity contribution in [2.45, 2.75) is 247 Å². The summed E-state index contributed by atoms with van der Waals surface area (Å²) in [6, 6.07) is 0. The SMILES string of the molecule is CC(C)=CCC[C@](C)(O[C@@H]1O[C@H](CO[C@@H]2O[C@H](CO)[C@@H](O)[C@H](O)[C@H]2O)[C@@H](O)[C@H](O)[C@H]1O)[C@H]1CC[C@@]2(C)C3CC[C@H]4C(C)(C)[C@@H](O[C@@H]5O[C@H](CO)[C@@H](O)[C@H](O)[C@H]5O[C@@H]5O[C@H](CO)[C@@H](O)[C@H](O)[C@H]5O)CC[C@]4(C)[C@H]3C[C@@H](O)[C@H]12. The van der Waals surface area contributed by atoms with Crippen molar-refractivity contribution in [2.24, 2.45) is 45.8 Å². The van der Waals surface area contributed by atoms with E-state index in [-0.39, 0.29) is 40.4 Å². The average Bonchev–Trinajstić information content (AvgIpc) is 3.96. The molecule has 8 rings (SSSR count). The maximum Gasteiger partial charge on any atom is 0.187 e. The molecule has 0 spiro atoms. The monoisotopic (exact) mass is 1090 g/mol. The molecule has 0 aromatic carbocycles. The van der Waals surface area contributed by atoms with Gasteiger partial charge in [0, 0.05) is 0 Å². The standard InChI is InChI=1S/C53H90O23/c1-22(2)9-8-14-53(7,76-48-44(68)40(64)37(61)30(73-48)21-69-46-42(66)38(62)34(58)27(18-54)70-46)24-12-15-52(6)23-10-11-31-50(3,4)32(13-16-51(31,5)25(23)17-26(57)33(24)52)74-49-45(41(65)36(60)29(20-56)72-49)75-47-43(67)39(63)35(59)28(19-55)71-47/h9,23-49,54-68H,8,10-21H2,1-7H3/t23?,24-,25-,26+,27+,28+,29+,30+,31-,32-,33-,34+,35+,36+,37+,38-,39-,40-,41-,42+,43+,44+,45+,46+,47-,48-,49-,51+,52-,53-/m0/s1. The Labute approximate surface area is 444 Å². The third-order valence-corrected chi connectivity index (χ3v) is 20.1. The maximum absolute atomic E-state index is 12.7. The summed E-state index contributed by atoms with van der Waals surface area (Å²) in [5.41, 5.74) is -1.16. The summed E-state index contributed by atoms with van der Waals surface area (Å²) in [6.45, 7) is 12.2. The van der Waals surface area contributed by atoms with E-state index in [1.807, 2.05) is 20.8 Å². The number of aliphatic hydroxyl groups excluding tert-OH is 15. The van der Waals surface area contributed by atoms with Gasteiger partial charge >= 0.3 is 0 Å². The Morgan fingerprint density at radius 3 is 1.66 bits per heavy atom. The van der Waals surface area contributed by atoms with E-state index in [4.69, 9.17) is 37.9 Å². The van der Waals surface area contributed by atoms with Crippen molar-refractivity contribution in [3.63, 3.8) is 0 Å². The van der Waals surface area contributed by atoms with Crippen molar-refractivity contribution >= 4 is 0 Å². The van der Waals surface area contributed by atoms with Gasteiger partial charge in [-0.3, -0.25) is 0 Å². The van der Waals surface area contributed by atoms with E-state index in [1.165, 1.54) is 0 Å². The van der Waals surface area contributed by atoms with E-state index >= 15 is 0 Å². The number of hydrogen-bond donors (Lipinski definition) is 15. The molecule has 0 aromatic heterocycles. The van der Waals surface area contributed by atoms with Crippen LogP contribution in [0.5, 0.6) is 0 Å². The van der Waals surface area contributed by atoms with Crippen LogP contribution in [-0.4, -0.2) is 244 Å². The van der Waals surface area contributed by atoms with Crippen molar-refractivity contribution in [3.8, 4) is 0 Å². The Morgan fingerprint density at radius 2 is 1.07 bits per heavy atom. The first-order valence-corrected chi connectivity index (χ1v) is 27.5. The maximum atomic E-state index is 12.7. The summed E-state index contributed by atoms with van der Waals surface area (Å²) >= 11 is 0. The van der Waals surface area contributed by atoms with Crippen LogP contribution in [0.2, 0.25) is 0 Å². The average molecular weight is 1100 g/mol. The molecule has 8 fully saturated rings. The van der Waals surface area contributed by atoms with Crippen molar-refractivity contribution in [2.75, 3.05) is 26.4 Å². The van der Waals surface area contributed by atoms with Gasteiger partial charge in [0.05, 0.1) is 44.2 Å². The lowest BCUT2D eigenvalue weighted by Crippen LogP contribution is -2.66. The third-order valence-electron chi connectivity index (χ3n) is 20.1. The first-order chi connectivity index (χ1) is 35.7. The molecule has 23 nitrogen and oxygen atoms in total. The lowest BCUT2D eigenvalue weighted by atomic mass is 9.39. The molecule has 0 aromatic rings. The second-order valence-electron chi connectivity index (χ2n) is 25.1. The molecule has 4 heterocycles. The Balaban J connectivity index is 0.991. The fraction of sp³-hybridized carbons (Fsp3) is 0.962. The van der Waals surface area contributed by atoms with Crippen molar-refractivity contribution in [3.05, 3.63) is 11.6 Å². The number of fused-ring (bicyclic) bond motifs is 5. The topological polar surface area (TPSA) is 377 Å². The van der Waals surface area contributed by atoms with Gasteiger partial charge in [-0.15, -0.1) is 0 Å². The predicted molar refractivity (Wildman–Crippen MR) is 262 cm³/mol. The number of rotatable bonds is 16. The number of hydrogen-bond acceptors (Lipinski definition) is 23. The van der Waals surface area contributed by atoms with E-state index in [1.54, 1.807) is 0 Å². The Kier molecular flexibility index (Phi) is 18.9. The highest BCUT2D eigenvalue weighted by atomic mass is 16.8. The molecule has 440 valence electrons. The van der Waals surface area contributed by atoms with Gasteiger partial charge in [-0.2, -0.15) is 0 Å². The molecular weight excluding hydrogens is 1000 g/mol. The van der Waals surface area contributed by atoms with Gasteiger partial charge in [0.25, 0.3) is 0 Å². The van der Waals surface area contributed by atoms with Crippen LogP contribution in [-0.2, 0) is 37.9 Å². The molecule has 23 heteroatoms. The number of ether oxygens (including phenoxy) is 8. The molecule has 15 N–H and O–H groups in total. The van der Waals surface area contributed by atoms with Crippen LogP contribution in [0.3, 0.4) is 0 Å². The van der Waals surface area contributed by atoms with Crippen molar-refractivity contribution < 1.29 is 114 Å². The van der Waals surface area contributed by atoms with Gasteiger partial charge in [-0.25, -0.2) is 0 Å². The third kappa shape index (κ3) is 11.0. The molecule has 4 saturated heterocycles. The molecule has 4 aliphatic heterocycles. The normalized spacial score (nSPS) is 52.2. The van der Waals surface area contributed by atoms with Crippen molar-refractivity contribution in [1.82, 2.24) is 0 Å². The number of allylic oxidation sites excluding steroid dienone is 2. The summed E-state index contributed by atoms with van der Waals surface area (Å²) in [4.78, 5) is 0. The summed E-state index contributed by atoms with van der Waals surface area (Å²) in [7, 11) is 0. The highest BCUT2D eigenvalue weighted by Gasteiger charge is 2.68. The van der Waals surface area contributed by atoms with Gasteiger partial charge in [-0.1, -0.05) is 39.3 Å². The zero-order chi connectivity index (χ0) is 55.7. The highest BCUT2D eigenvalue weighted by Crippen LogP contribution is 2.71. The van der Waals surface area contributed by atoms with Crippen LogP contribution in [0.15, 0.2) is 11.6 Å². The largest absolute Gasteiger partial charge is 0.394 e. The molecule has 0 radical (unpaired) electrons. The molecule has 4 saturated carbocycles. The van der Waals surface area contributed by atoms with Gasteiger partial charge in [0.2, 0.25) is 0 Å². The summed E-state index contributed by atoms with van der Waals surface area (Å²) < 4.78 is 48.8. The molecular formula is C53H90O23. The Morgan fingerprint density at radius 1 is 0.553 bits per heavy atom. The van der Waals surface area contributed by atoms with Crippen LogP contribution in [0.4, 0.5) is 0 Å². The minimum absolute atomic E-state index is 0.0594. The molecule has 0 amide bonds. The van der Waals surface area contributed by atoms with E-state index < -0.39 is 172 Å². The van der Waals surface area contributed by atoms with E-state index in [0.717, 1.165) is 24.8 Å². The minimum atomic E-state index is -1.81. The predicted octanol–water partition coefficient (Wildman–Crippen LogP) is -2.59. The number of aliphatic hydroxyl groups is 15. The molecule has 76 heavy (non-hydrogen) atoms. The lowest BCUT2D eigenvalue weighted by molar-refractivity contribution is -0.378. The molecule has 8 aliphatic rings. The van der Waals surface area contributed by atoms with Crippen LogP contribution in [0.25, 0.3) is 0 Å². The van der Waals surface area contributed by atoms with Crippen LogP contribution in [0, 0.1) is 45.8 Å². The Bertz CT molecular complexity index is 1940. The first kappa shape index (κ1) is 60.9. The fourth-order valence-corrected chi connectivity index (χ4v) is 15.8. The highest BCUT2D eigenvalue weighted by molar-refractivity contribution is 5.17. The summed E-state index contributed by atoms with van der Waals surface area (Å²) in [5.74, 6) is -0.152. The van der Waals surface area contributed by atoms with E-state index in [2.05, 4.69) is 33.8 Å². The first-order valence-electron chi connectivity index (χ1n) is 27.5. The summed E-state index contributed by atoms with van der Waals surface area (Å²) in [5, 5.41) is 161. The zero-order valence-corrected chi connectivity index (χ0v) is 44.8. The zero-order valence-electron chi connectivity index (χ0n) is 44.8. The van der Waals surface area contributed by atoms with Crippen LogP contribution < -0.4 is 0 Å². The van der Waals surface area contributed by atoms with E-state index in [0.29, 0.717) is 38.5 Å². The second kappa shape index (κ2) is 23.6.